The molecule has 5 nitrogen and oxygen atoms in total. The average Bonchev–Trinajstić information content (AvgIpc) is 2.43. The Bertz CT molecular complexity index is 515. The second kappa shape index (κ2) is 7.00. The molecule has 1 aromatic rings. The lowest BCUT2D eigenvalue weighted by molar-refractivity contribution is 0.122. The van der Waals surface area contributed by atoms with E-state index in [0.29, 0.717) is 17.9 Å². The molecule has 0 saturated heterocycles. The number of nitrogens with two attached hydrogens (primary N) is 1. The van der Waals surface area contributed by atoms with Crippen molar-refractivity contribution in [3.63, 3.8) is 0 Å². The third-order valence-corrected chi connectivity index (χ3v) is 4.51. The van der Waals surface area contributed by atoms with E-state index in [1.54, 1.807) is 20.1 Å². The van der Waals surface area contributed by atoms with Crippen LogP contribution in [0, 0.1) is 0 Å². The van der Waals surface area contributed by atoms with Crippen LogP contribution in [0.1, 0.15) is 25.0 Å². The van der Waals surface area contributed by atoms with Gasteiger partial charge in [0.1, 0.15) is 0 Å². The van der Waals surface area contributed by atoms with E-state index in [9.17, 15) is 8.42 Å². The van der Waals surface area contributed by atoms with Crippen molar-refractivity contribution in [1.29, 1.82) is 0 Å². The molecule has 19 heavy (non-hydrogen) atoms. The van der Waals surface area contributed by atoms with Crippen molar-refractivity contribution < 1.29 is 13.2 Å². The molecule has 1 rings (SSSR count). The summed E-state index contributed by atoms with van der Waals surface area (Å²) >= 11 is 0. The molecule has 0 heterocycles. The molecule has 1 atom stereocenters. The minimum Gasteiger partial charge on any atom is -0.380 e. The van der Waals surface area contributed by atoms with E-state index in [2.05, 4.69) is 4.72 Å². The van der Waals surface area contributed by atoms with Crippen LogP contribution in [-0.4, -0.2) is 28.2 Å². The van der Waals surface area contributed by atoms with Crippen molar-refractivity contribution in [3.8, 4) is 0 Å². The molecule has 0 aliphatic rings. The maximum Gasteiger partial charge on any atom is 0.240 e. The summed E-state index contributed by atoms with van der Waals surface area (Å²) in [7, 11) is -1.98. The van der Waals surface area contributed by atoms with Crippen molar-refractivity contribution in [2.75, 3.05) is 13.7 Å². The molecule has 1 aromatic carbocycles. The lowest BCUT2D eigenvalue weighted by atomic mass is 10.1. The topological polar surface area (TPSA) is 81.4 Å². The van der Waals surface area contributed by atoms with Crippen molar-refractivity contribution in [2.24, 2.45) is 5.73 Å². The number of benzene rings is 1. The molecular weight excluding hydrogens is 264 g/mol. The van der Waals surface area contributed by atoms with Crippen LogP contribution < -0.4 is 10.5 Å². The predicted molar refractivity (Wildman–Crippen MR) is 75.4 cm³/mol. The number of methoxy groups -OCH3 is 1. The summed E-state index contributed by atoms with van der Waals surface area (Å²) < 4.78 is 32.2. The summed E-state index contributed by atoms with van der Waals surface area (Å²) in [4.78, 5) is 0.307. The van der Waals surface area contributed by atoms with Crippen LogP contribution in [0.15, 0.2) is 23.1 Å². The molecule has 3 N–H and O–H groups in total. The minimum absolute atomic E-state index is 0.169. The van der Waals surface area contributed by atoms with Gasteiger partial charge in [0.15, 0.2) is 0 Å². The highest BCUT2D eigenvalue weighted by molar-refractivity contribution is 7.89. The number of hydrogen-bond acceptors (Lipinski definition) is 4. The van der Waals surface area contributed by atoms with Crippen LogP contribution >= 0.6 is 0 Å². The zero-order valence-corrected chi connectivity index (χ0v) is 12.5. The molecular formula is C13H22N2O3S. The molecule has 0 spiro atoms. The monoisotopic (exact) mass is 286 g/mol. The van der Waals surface area contributed by atoms with Crippen molar-refractivity contribution in [3.05, 3.63) is 29.3 Å². The van der Waals surface area contributed by atoms with Crippen LogP contribution in [0.25, 0.3) is 0 Å². The van der Waals surface area contributed by atoms with Crippen molar-refractivity contribution in [2.45, 2.75) is 37.8 Å². The van der Waals surface area contributed by atoms with Gasteiger partial charge in [-0.25, -0.2) is 13.1 Å². The third-order valence-electron chi connectivity index (χ3n) is 3.00. The Morgan fingerprint density at radius 1 is 1.42 bits per heavy atom. The highest BCUT2D eigenvalue weighted by Gasteiger charge is 2.18. The Balaban J connectivity index is 3.05. The lowest BCUT2D eigenvalue weighted by Crippen LogP contribution is -2.32. The number of rotatable bonds is 7. The van der Waals surface area contributed by atoms with Gasteiger partial charge in [0, 0.05) is 20.2 Å². The third kappa shape index (κ3) is 4.28. The Labute approximate surface area is 115 Å². The summed E-state index contributed by atoms with van der Waals surface area (Å²) in [6, 6.07) is 5.31. The van der Waals surface area contributed by atoms with Crippen molar-refractivity contribution in [1.82, 2.24) is 4.72 Å². The zero-order chi connectivity index (χ0) is 14.5. The van der Waals surface area contributed by atoms with Crippen LogP contribution in [0.4, 0.5) is 0 Å². The first-order valence-corrected chi connectivity index (χ1v) is 7.77. The van der Waals surface area contributed by atoms with E-state index >= 15 is 0 Å². The summed E-state index contributed by atoms with van der Waals surface area (Å²) in [6.07, 6.45) is 0.485. The van der Waals surface area contributed by atoms with Crippen LogP contribution in [0.2, 0.25) is 0 Å². The smallest absolute Gasteiger partial charge is 0.240 e. The fourth-order valence-corrected chi connectivity index (χ4v) is 3.13. The minimum atomic E-state index is -3.53. The molecule has 6 heteroatoms. The van der Waals surface area contributed by atoms with E-state index in [1.807, 2.05) is 19.1 Å². The summed E-state index contributed by atoms with van der Waals surface area (Å²) in [5.74, 6) is 0. The number of hydrogen-bond donors (Lipinski definition) is 2. The normalized spacial score (nSPS) is 13.5. The summed E-state index contributed by atoms with van der Waals surface area (Å²) in [5, 5.41) is 0. The largest absolute Gasteiger partial charge is 0.380 e. The Morgan fingerprint density at radius 2 is 2.11 bits per heavy atom. The van der Waals surface area contributed by atoms with Gasteiger partial charge in [0.25, 0.3) is 0 Å². The average molecular weight is 286 g/mol. The van der Waals surface area contributed by atoms with Gasteiger partial charge in [0.05, 0.1) is 11.0 Å². The number of aryl methyl sites for hydroxylation is 1. The number of sulfonamides is 1. The standard InChI is InChI=1S/C13H22N2O3S/c1-4-12-6-5-11(8-14)7-13(12)19(16,17)15-9-10(2)18-3/h5-7,10,15H,4,8-9,14H2,1-3H3. The second-order valence-corrected chi connectivity index (χ2v) is 6.13. The number of nitrogens with one attached hydrogen (secondary N) is 1. The molecule has 0 fully saturated rings. The van der Waals surface area contributed by atoms with E-state index in [4.69, 9.17) is 10.5 Å². The summed E-state index contributed by atoms with van der Waals surface area (Å²) in [5.41, 5.74) is 7.15. The highest BCUT2D eigenvalue weighted by Crippen LogP contribution is 2.18. The van der Waals surface area contributed by atoms with E-state index in [1.165, 1.54) is 0 Å². The van der Waals surface area contributed by atoms with Gasteiger partial charge in [-0.15, -0.1) is 0 Å². The second-order valence-electron chi connectivity index (χ2n) is 4.40. The van der Waals surface area contributed by atoms with Gasteiger partial charge in [-0.05, 0) is 30.5 Å². The maximum absolute atomic E-state index is 12.3. The predicted octanol–water partition coefficient (Wildman–Crippen LogP) is 1.02. The molecule has 0 aliphatic heterocycles. The first-order valence-electron chi connectivity index (χ1n) is 6.29. The number of ether oxygens (including phenoxy) is 1. The molecule has 1 unspecified atom stereocenters. The van der Waals surface area contributed by atoms with Crippen LogP contribution in [0.3, 0.4) is 0 Å². The fraction of sp³-hybridized carbons (Fsp3) is 0.538. The first-order chi connectivity index (χ1) is 8.94. The van der Waals surface area contributed by atoms with Gasteiger partial charge in [-0.3, -0.25) is 0 Å². The Kier molecular flexibility index (Phi) is 5.93. The van der Waals surface area contributed by atoms with Gasteiger partial charge < -0.3 is 10.5 Å². The van der Waals surface area contributed by atoms with Crippen LogP contribution in [0.5, 0.6) is 0 Å². The molecule has 0 amide bonds. The van der Waals surface area contributed by atoms with Crippen LogP contribution in [-0.2, 0) is 27.7 Å². The Hall–Kier alpha value is -0.950. The van der Waals surface area contributed by atoms with Crippen molar-refractivity contribution >= 4 is 10.0 Å². The summed E-state index contributed by atoms with van der Waals surface area (Å²) in [6.45, 7) is 4.30. The fourth-order valence-electron chi connectivity index (χ4n) is 1.66. The molecule has 0 aromatic heterocycles. The van der Waals surface area contributed by atoms with Gasteiger partial charge in [0.2, 0.25) is 10.0 Å². The van der Waals surface area contributed by atoms with E-state index < -0.39 is 10.0 Å². The molecule has 108 valence electrons. The van der Waals surface area contributed by atoms with Gasteiger partial charge in [-0.2, -0.15) is 0 Å². The van der Waals surface area contributed by atoms with E-state index in [-0.39, 0.29) is 12.6 Å². The zero-order valence-electron chi connectivity index (χ0n) is 11.6. The van der Waals surface area contributed by atoms with E-state index in [0.717, 1.165) is 11.1 Å². The molecule has 0 bridgehead atoms. The quantitative estimate of drug-likeness (QED) is 0.784. The maximum atomic E-state index is 12.3. The molecule has 0 saturated carbocycles. The SMILES string of the molecule is CCc1ccc(CN)cc1S(=O)(=O)NCC(C)OC. The highest BCUT2D eigenvalue weighted by atomic mass is 32.2. The first kappa shape index (κ1) is 16.1. The Morgan fingerprint density at radius 3 is 2.63 bits per heavy atom. The molecule has 0 aliphatic carbocycles. The lowest BCUT2D eigenvalue weighted by Gasteiger charge is -2.14. The molecule has 0 radical (unpaired) electrons. The van der Waals surface area contributed by atoms with Gasteiger partial charge in [-0.1, -0.05) is 19.1 Å². The van der Waals surface area contributed by atoms with Gasteiger partial charge >= 0.3 is 0 Å².